The lowest BCUT2D eigenvalue weighted by Gasteiger charge is -2.12. The quantitative estimate of drug-likeness (QED) is 0.301. The third-order valence-corrected chi connectivity index (χ3v) is 4.40. The van der Waals surface area contributed by atoms with Gasteiger partial charge in [0.05, 0.1) is 42.7 Å². The highest BCUT2D eigenvalue weighted by Crippen LogP contribution is 2.39. The van der Waals surface area contributed by atoms with Gasteiger partial charge in [-0.1, -0.05) is 0 Å². The summed E-state index contributed by atoms with van der Waals surface area (Å²) in [6.07, 6.45) is 5.16. The lowest BCUT2D eigenvalue weighted by atomic mass is 10.1. The molecule has 0 spiro atoms. The molecule has 176 valence electrons. The molecule has 0 radical (unpaired) electrons. The van der Waals surface area contributed by atoms with Crippen molar-refractivity contribution in [2.45, 2.75) is 0 Å². The number of hydrogen-bond acceptors (Lipinski definition) is 9. The first kappa shape index (κ1) is 25.1. The van der Waals surface area contributed by atoms with Gasteiger partial charge >= 0.3 is 11.9 Å². The lowest BCUT2D eigenvalue weighted by molar-refractivity contribution is -0.152. The smallest absolute Gasteiger partial charge is 0.338 e. The number of hydrogen-bond donors (Lipinski definition) is 0. The summed E-state index contributed by atoms with van der Waals surface area (Å²) in [5.41, 5.74) is 1.17. The van der Waals surface area contributed by atoms with Gasteiger partial charge in [0.1, 0.15) is 0 Å². The number of carbonyl (C=O) groups is 2. The molecular weight excluding hydrogens is 432 g/mol. The first-order valence-electron chi connectivity index (χ1n) is 9.62. The molecule has 2 rings (SSSR count). The van der Waals surface area contributed by atoms with Crippen LogP contribution in [0.4, 0.5) is 0 Å². The molecule has 9 heteroatoms. The van der Waals surface area contributed by atoms with Crippen molar-refractivity contribution in [1.29, 1.82) is 0 Å². The van der Waals surface area contributed by atoms with E-state index in [4.69, 9.17) is 33.2 Å². The molecule has 9 nitrogen and oxygen atoms in total. The SMILES string of the molecule is COc1cc(/C=C/C(=O)OC(=O)/C=C/c2cc(OC)c(OC)c(OC)c2)cc(OC)c1OC. The fourth-order valence-corrected chi connectivity index (χ4v) is 2.89. The van der Waals surface area contributed by atoms with Crippen LogP contribution in [-0.4, -0.2) is 54.6 Å². The average Bonchev–Trinajstić information content (AvgIpc) is 2.84. The van der Waals surface area contributed by atoms with Crippen LogP contribution >= 0.6 is 0 Å². The zero-order valence-electron chi connectivity index (χ0n) is 19.3. The largest absolute Gasteiger partial charge is 0.493 e. The van der Waals surface area contributed by atoms with Crippen molar-refractivity contribution in [1.82, 2.24) is 0 Å². The van der Waals surface area contributed by atoms with Crippen LogP contribution in [0, 0.1) is 0 Å². The van der Waals surface area contributed by atoms with Crippen molar-refractivity contribution < 1.29 is 42.7 Å². The van der Waals surface area contributed by atoms with E-state index in [1.165, 1.54) is 54.8 Å². The Hall–Kier alpha value is -4.14. The molecule has 0 unspecified atom stereocenters. The second-order valence-corrected chi connectivity index (χ2v) is 6.32. The second kappa shape index (κ2) is 12.0. The number of esters is 2. The zero-order chi connectivity index (χ0) is 24.4. The van der Waals surface area contributed by atoms with Gasteiger partial charge in [-0.25, -0.2) is 9.59 Å². The van der Waals surface area contributed by atoms with Crippen LogP contribution in [0.5, 0.6) is 34.5 Å². The highest BCUT2D eigenvalue weighted by Gasteiger charge is 2.14. The first-order chi connectivity index (χ1) is 15.9. The van der Waals surface area contributed by atoms with Crippen molar-refractivity contribution in [3.63, 3.8) is 0 Å². The summed E-state index contributed by atoms with van der Waals surface area (Å²) in [6.45, 7) is 0. The van der Waals surface area contributed by atoms with Crippen molar-refractivity contribution in [2.24, 2.45) is 0 Å². The molecule has 0 heterocycles. The van der Waals surface area contributed by atoms with Gasteiger partial charge in [-0.15, -0.1) is 0 Å². The molecule has 0 amide bonds. The van der Waals surface area contributed by atoms with Crippen molar-refractivity contribution in [3.8, 4) is 34.5 Å². The maximum absolute atomic E-state index is 12.0. The number of carbonyl (C=O) groups excluding carboxylic acids is 2. The van der Waals surface area contributed by atoms with Gasteiger partial charge in [0.25, 0.3) is 0 Å². The topological polar surface area (TPSA) is 98.8 Å². The molecule has 2 aromatic rings. The van der Waals surface area contributed by atoms with E-state index in [2.05, 4.69) is 0 Å². The molecule has 33 heavy (non-hydrogen) atoms. The van der Waals surface area contributed by atoms with Gasteiger partial charge in [-0.05, 0) is 47.5 Å². The van der Waals surface area contributed by atoms with Crippen molar-refractivity contribution >= 4 is 24.1 Å². The molecule has 0 aliphatic rings. The summed E-state index contributed by atoms with van der Waals surface area (Å²) >= 11 is 0. The highest BCUT2D eigenvalue weighted by atomic mass is 16.6. The van der Waals surface area contributed by atoms with Gasteiger partial charge in [-0.3, -0.25) is 0 Å². The van der Waals surface area contributed by atoms with E-state index in [1.54, 1.807) is 24.3 Å². The number of methoxy groups -OCH3 is 6. The third kappa shape index (κ3) is 6.42. The summed E-state index contributed by atoms with van der Waals surface area (Å²) < 4.78 is 36.4. The van der Waals surface area contributed by atoms with Crippen LogP contribution < -0.4 is 28.4 Å². The van der Waals surface area contributed by atoms with E-state index in [9.17, 15) is 9.59 Å². The molecule has 0 fully saturated rings. The Labute approximate surface area is 192 Å². The standard InChI is InChI=1S/C24H26O9/c1-27-17-11-15(12-18(28-2)23(17)31-5)7-9-21(25)33-22(26)10-8-16-13-19(29-3)24(32-6)20(14-16)30-4/h7-14H,1-6H3/b9-7+,10-8+. The molecule has 2 aromatic carbocycles. The molecule has 0 saturated carbocycles. The Morgan fingerprint density at radius 1 is 0.545 bits per heavy atom. The molecule has 0 N–H and O–H groups in total. The Bertz CT molecular complexity index is 920. The number of ether oxygens (including phenoxy) is 7. The van der Waals surface area contributed by atoms with Gasteiger partial charge in [0.2, 0.25) is 11.5 Å². The number of rotatable bonds is 10. The van der Waals surface area contributed by atoms with E-state index < -0.39 is 11.9 Å². The van der Waals surface area contributed by atoms with Crippen molar-refractivity contribution in [3.05, 3.63) is 47.5 Å². The molecular formula is C24H26O9. The minimum atomic E-state index is -0.844. The summed E-state index contributed by atoms with van der Waals surface area (Å²) in [6, 6.07) is 6.60. The lowest BCUT2D eigenvalue weighted by Crippen LogP contribution is -2.07. The normalized spacial score (nSPS) is 10.7. The highest BCUT2D eigenvalue weighted by molar-refractivity contribution is 6.00. The Kier molecular flexibility index (Phi) is 9.17. The van der Waals surface area contributed by atoms with Crippen LogP contribution in [-0.2, 0) is 14.3 Å². The fourth-order valence-electron chi connectivity index (χ4n) is 2.89. The van der Waals surface area contributed by atoms with Crippen LogP contribution in [0.2, 0.25) is 0 Å². The van der Waals surface area contributed by atoms with E-state index in [-0.39, 0.29) is 0 Å². The maximum atomic E-state index is 12.0. The molecule has 0 atom stereocenters. The van der Waals surface area contributed by atoms with Crippen LogP contribution in [0.3, 0.4) is 0 Å². The van der Waals surface area contributed by atoms with Gasteiger partial charge < -0.3 is 33.2 Å². The van der Waals surface area contributed by atoms with Gasteiger partial charge in [0, 0.05) is 12.2 Å². The van der Waals surface area contributed by atoms with Crippen LogP contribution in [0.1, 0.15) is 11.1 Å². The van der Waals surface area contributed by atoms with E-state index in [0.717, 1.165) is 12.2 Å². The third-order valence-electron chi connectivity index (χ3n) is 4.40. The Morgan fingerprint density at radius 3 is 1.09 bits per heavy atom. The fraction of sp³-hybridized carbons (Fsp3) is 0.250. The van der Waals surface area contributed by atoms with Gasteiger partial charge in [-0.2, -0.15) is 0 Å². The predicted octanol–water partition coefficient (Wildman–Crippen LogP) is 3.53. The zero-order valence-corrected chi connectivity index (χ0v) is 19.3. The molecule has 0 saturated heterocycles. The summed E-state index contributed by atoms with van der Waals surface area (Å²) in [5.74, 6) is 0.858. The predicted molar refractivity (Wildman–Crippen MR) is 121 cm³/mol. The maximum Gasteiger partial charge on any atom is 0.338 e. The monoisotopic (exact) mass is 458 g/mol. The second-order valence-electron chi connectivity index (χ2n) is 6.32. The number of benzene rings is 2. The molecule has 0 aliphatic heterocycles. The molecule has 0 bridgehead atoms. The van der Waals surface area contributed by atoms with Crippen LogP contribution in [0.15, 0.2) is 36.4 Å². The van der Waals surface area contributed by atoms with Gasteiger partial charge in [0.15, 0.2) is 23.0 Å². The first-order valence-corrected chi connectivity index (χ1v) is 9.62. The van der Waals surface area contributed by atoms with E-state index in [1.807, 2.05) is 0 Å². The summed E-state index contributed by atoms with van der Waals surface area (Å²) in [5, 5.41) is 0. The minimum Gasteiger partial charge on any atom is -0.493 e. The Morgan fingerprint density at radius 2 is 0.848 bits per heavy atom. The van der Waals surface area contributed by atoms with E-state index >= 15 is 0 Å². The summed E-state index contributed by atoms with van der Waals surface area (Å²) in [4.78, 5) is 24.1. The average molecular weight is 458 g/mol. The Balaban J connectivity index is 2.10. The van der Waals surface area contributed by atoms with Crippen molar-refractivity contribution in [2.75, 3.05) is 42.7 Å². The van der Waals surface area contributed by atoms with E-state index in [0.29, 0.717) is 45.6 Å². The minimum absolute atomic E-state index is 0.423. The molecule has 0 aromatic heterocycles. The molecule has 0 aliphatic carbocycles. The summed E-state index contributed by atoms with van der Waals surface area (Å²) in [7, 11) is 8.92. The van der Waals surface area contributed by atoms with Crippen LogP contribution in [0.25, 0.3) is 12.2 Å².